The molecule has 0 radical (unpaired) electrons. The fourth-order valence-corrected chi connectivity index (χ4v) is 2.83. The Kier molecular flexibility index (Phi) is 4.46. The average Bonchev–Trinajstić information content (AvgIpc) is 2.40. The van der Waals surface area contributed by atoms with Crippen LogP contribution in [0.15, 0.2) is 71.5 Å². The Bertz CT molecular complexity index is 553. The lowest BCUT2D eigenvalue weighted by Crippen LogP contribution is -2.00. The van der Waals surface area contributed by atoms with Crippen molar-refractivity contribution in [3.8, 4) is 11.5 Å². The van der Waals surface area contributed by atoms with Crippen LogP contribution in [-0.2, 0) is 4.57 Å². The highest BCUT2D eigenvalue weighted by Gasteiger charge is 2.31. The van der Waals surface area contributed by atoms with Gasteiger partial charge in [-0.05, 0) is 40.2 Å². The standard InChI is InChI=1S/C14H12BrO3P/c1-12(15)19(16,17-13-8-4-2-5-9-13)18-14-10-6-3-7-11-14/h2-11H,1H2. The molecule has 0 heterocycles. The van der Waals surface area contributed by atoms with Crippen molar-refractivity contribution in [3.63, 3.8) is 0 Å². The van der Waals surface area contributed by atoms with Crippen LogP contribution in [0.2, 0.25) is 0 Å². The highest BCUT2D eigenvalue weighted by molar-refractivity contribution is 9.13. The summed E-state index contributed by atoms with van der Waals surface area (Å²) in [4.78, 5) is 0. The van der Waals surface area contributed by atoms with Gasteiger partial charge in [-0.25, -0.2) is 4.57 Å². The predicted octanol–water partition coefficient (Wildman–Crippen LogP) is 5.20. The Morgan fingerprint density at radius 2 is 1.26 bits per heavy atom. The zero-order chi connectivity index (χ0) is 13.7. The SMILES string of the molecule is C=C(Br)P(=O)(Oc1ccccc1)Oc1ccccc1. The van der Waals surface area contributed by atoms with Gasteiger partial charge in [0.1, 0.15) is 15.7 Å². The van der Waals surface area contributed by atoms with Gasteiger partial charge < -0.3 is 9.05 Å². The normalized spacial score (nSPS) is 10.8. The van der Waals surface area contributed by atoms with Gasteiger partial charge in [0.15, 0.2) is 0 Å². The van der Waals surface area contributed by atoms with E-state index in [2.05, 4.69) is 22.5 Å². The zero-order valence-corrected chi connectivity index (χ0v) is 12.5. The van der Waals surface area contributed by atoms with Crippen LogP contribution in [-0.4, -0.2) is 0 Å². The predicted molar refractivity (Wildman–Crippen MR) is 79.8 cm³/mol. The van der Waals surface area contributed by atoms with Crippen LogP contribution in [0.5, 0.6) is 11.5 Å². The molecule has 0 N–H and O–H groups in total. The second-order valence-electron chi connectivity index (χ2n) is 3.68. The van der Waals surface area contributed by atoms with Crippen LogP contribution in [0.3, 0.4) is 0 Å². The van der Waals surface area contributed by atoms with E-state index in [-0.39, 0.29) is 4.22 Å². The van der Waals surface area contributed by atoms with E-state index in [1.807, 2.05) is 12.1 Å². The fourth-order valence-electron chi connectivity index (χ4n) is 1.36. The van der Waals surface area contributed by atoms with Crippen LogP contribution in [0.4, 0.5) is 0 Å². The average molecular weight is 339 g/mol. The summed E-state index contributed by atoms with van der Waals surface area (Å²) in [5.41, 5.74) is 0. The zero-order valence-electron chi connectivity index (χ0n) is 10.0. The number of halogens is 1. The molecule has 0 spiro atoms. The Morgan fingerprint density at radius 3 is 1.58 bits per heavy atom. The summed E-state index contributed by atoms with van der Waals surface area (Å²) in [6.07, 6.45) is 0. The maximum atomic E-state index is 12.7. The fraction of sp³-hybridized carbons (Fsp3) is 0. The van der Waals surface area contributed by atoms with Gasteiger partial charge in [-0.3, -0.25) is 0 Å². The van der Waals surface area contributed by atoms with Gasteiger partial charge in [-0.15, -0.1) is 0 Å². The number of benzene rings is 2. The van der Waals surface area contributed by atoms with E-state index in [0.29, 0.717) is 11.5 Å². The minimum atomic E-state index is -3.51. The van der Waals surface area contributed by atoms with Gasteiger partial charge in [0, 0.05) is 0 Å². The smallest absolute Gasteiger partial charge is 0.412 e. The molecule has 0 saturated carbocycles. The molecule has 0 unspecified atom stereocenters. The van der Waals surface area contributed by atoms with Gasteiger partial charge in [-0.1, -0.05) is 43.0 Å². The third-order valence-electron chi connectivity index (χ3n) is 2.23. The van der Waals surface area contributed by atoms with E-state index in [1.54, 1.807) is 48.5 Å². The van der Waals surface area contributed by atoms with Crippen molar-refractivity contribution in [1.82, 2.24) is 0 Å². The van der Waals surface area contributed by atoms with Crippen molar-refractivity contribution in [3.05, 3.63) is 71.5 Å². The minimum absolute atomic E-state index is 0.174. The minimum Gasteiger partial charge on any atom is -0.412 e. The molecule has 0 bridgehead atoms. The number of para-hydroxylation sites is 2. The molecule has 0 atom stereocenters. The van der Waals surface area contributed by atoms with Crippen molar-refractivity contribution in [2.24, 2.45) is 0 Å². The van der Waals surface area contributed by atoms with Gasteiger partial charge >= 0.3 is 7.60 Å². The number of hydrogen-bond acceptors (Lipinski definition) is 3. The second kappa shape index (κ2) is 6.09. The molecule has 3 nitrogen and oxygen atoms in total. The Morgan fingerprint density at radius 1 is 0.895 bits per heavy atom. The maximum absolute atomic E-state index is 12.7. The summed E-state index contributed by atoms with van der Waals surface area (Å²) in [5, 5.41) is 0. The molecule has 2 aromatic rings. The molecule has 0 fully saturated rings. The van der Waals surface area contributed by atoms with E-state index in [9.17, 15) is 4.57 Å². The quantitative estimate of drug-likeness (QED) is 0.702. The molecule has 0 aliphatic rings. The lowest BCUT2D eigenvalue weighted by atomic mass is 10.3. The molecule has 0 aliphatic heterocycles. The van der Waals surface area contributed by atoms with Crippen LogP contribution in [0.25, 0.3) is 0 Å². The summed E-state index contributed by atoms with van der Waals surface area (Å²) >= 11 is 3.10. The van der Waals surface area contributed by atoms with Gasteiger partial charge in [0.2, 0.25) is 0 Å². The summed E-state index contributed by atoms with van der Waals surface area (Å²) in [5.74, 6) is 0.921. The third kappa shape index (κ3) is 3.72. The van der Waals surface area contributed by atoms with Crippen LogP contribution >= 0.6 is 23.5 Å². The van der Waals surface area contributed by atoms with Crippen molar-refractivity contribution >= 4 is 23.5 Å². The number of hydrogen-bond donors (Lipinski definition) is 0. The van der Waals surface area contributed by atoms with Crippen molar-refractivity contribution < 1.29 is 13.6 Å². The Balaban J connectivity index is 2.24. The summed E-state index contributed by atoms with van der Waals surface area (Å²) in [6, 6.07) is 17.7. The molecule has 0 aliphatic carbocycles. The molecule has 2 aromatic carbocycles. The first kappa shape index (κ1) is 13.9. The largest absolute Gasteiger partial charge is 0.469 e. The maximum Gasteiger partial charge on any atom is 0.469 e. The van der Waals surface area contributed by atoms with Gasteiger partial charge in [-0.2, -0.15) is 0 Å². The monoisotopic (exact) mass is 338 g/mol. The molecule has 0 aromatic heterocycles. The molecule has 0 saturated heterocycles. The summed E-state index contributed by atoms with van der Waals surface area (Å²) in [6.45, 7) is 3.62. The van der Waals surface area contributed by atoms with Crippen molar-refractivity contribution in [2.75, 3.05) is 0 Å². The highest BCUT2D eigenvalue weighted by Crippen LogP contribution is 2.57. The van der Waals surface area contributed by atoms with Crippen LogP contribution < -0.4 is 9.05 Å². The van der Waals surface area contributed by atoms with Crippen molar-refractivity contribution in [2.45, 2.75) is 0 Å². The molecular weight excluding hydrogens is 327 g/mol. The molecule has 2 rings (SSSR count). The lowest BCUT2D eigenvalue weighted by Gasteiger charge is -2.18. The first-order valence-corrected chi connectivity index (χ1v) is 7.88. The lowest BCUT2D eigenvalue weighted by molar-refractivity contribution is 0.397. The van der Waals surface area contributed by atoms with Crippen molar-refractivity contribution in [1.29, 1.82) is 0 Å². The van der Waals surface area contributed by atoms with E-state index in [0.717, 1.165) is 0 Å². The van der Waals surface area contributed by atoms with Gasteiger partial charge in [0.05, 0.1) is 0 Å². The summed E-state index contributed by atoms with van der Waals surface area (Å²) in [7, 11) is -3.51. The van der Waals surface area contributed by atoms with E-state index >= 15 is 0 Å². The molecule has 19 heavy (non-hydrogen) atoms. The van der Waals surface area contributed by atoms with E-state index < -0.39 is 7.60 Å². The summed E-state index contributed by atoms with van der Waals surface area (Å²) < 4.78 is 23.7. The number of rotatable bonds is 5. The van der Waals surface area contributed by atoms with E-state index in [4.69, 9.17) is 9.05 Å². The second-order valence-corrected chi connectivity index (χ2v) is 7.15. The van der Waals surface area contributed by atoms with Gasteiger partial charge in [0.25, 0.3) is 0 Å². The molecule has 5 heteroatoms. The molecule has 98 valence electrons. The van der Waals surface area contributed by atoms with Crippen LogP contribution in [0, 0.1) is 0 Å². The molecular formula is C14H12BrO3P. The first-order chi connectivity index (χ1) is 9.10. The highest BCUT2D eigenvalue weighted by atomic mass is 79.9. The topological polar surface area (TPSA) is 35.5 Å². The first-order valence-electron chi connectivity index (χ1n) is 5.54. The third-order valence-corrected chi connectivity index (χ3v) is 5.03. The Hall–Kier alpha value is -1.51. The molecule has 0 amide bonds. The Labute approximate surface area is 120 Å². The van der Waals surface area contributed by atoms with Crippen LogP contribution in [0.1, 0.15) is 0 Å². The van der Waals surface area contributed by atoms with E-state index in [1.165, 1.54) is 0 Å².